The van der Waals surface area contributed by atoms with Gasteiger partial charge in [-0.25, -0.2) is 8.78 Å². The molecule has 0 aromatic heterocycles. The van der Waals surface area contributed by atoms with Crippen LogP contribution in [-0.4, -0.2) is 0 Å². The monoisotopic (exact) mass is 270 g/mol. The molecule has 0 heterocycles. The van der Waals surface area contributed by atoms with Crippen molar-refractivity contribution < 1.29 is 22.3 Å². The lowest BCUT2D eigenvalue weighted by atomic mass is 10.2. The van der Waals surface area contributed by atoms with Crippen molar-refractivity contribution in [2.24, 2.45) is 0 Å². The van der Waals surface area contributed by atoms with Crippen molar-refractivity contribution in [3.8, 4) is 11.5 Å². The Kier molecular flexibility index (Phi) is 3.74. The molecule has 0 unspecified atom stereocenters. The van der Waals surface area contributed by atoms with Crippen LogP contribution in [0.3, 0.4) is 0 Å². The van der Waals surface area contributed by atoms with Crippen molar-refractivity contribution in [3.63, 3.8) is 0 Å². The number of ether oxygens (including phenoxy) is 1. The van der Waals surface area contributed by atoms with E-state index in [2.05, 4.69) is 0 Å². The molecule has 0 amide bonds. The Morgan fingerprint density at radius 3 is 1.89 bits per heavy atom. The summed E-state index contributed by atoms with van der Waals surface area (Å²) in [6.45, 7) is 1.94. The second-order valence-corrected chi connectivity index (χ2v) is 3.90. The Morgan fingerprint density at radius 2 is 1.42 bits per heavy atom. The molecule has 2 aromatic rings. The smallest absolute Gasteiger partial charge is 0.204 e. The van der Waals surface area contributed by atoms with Gasteiger partial charge in [-0.3, -0.25) is 0 Å². The average molecular weight is 270 g/mol. The van der Waals surface area contributed by atoms with E-state index in [1.165, 1.54) is 12.1 Å². The van der Waals surface area contributed by atoms with Crippen LogP contribution in [0.15, 0.2) is 30.3 Å². The minimum Gasteiger partial charge on any atom is -0.451 e. The van der Waals surface area contributed by atoms with Crippen molar-refractivity contribution in [1.82, 2.24) is 0 Å². The van der Waals surface area contributed by atoms with Crippen molar-refractivity contribution in [2.75, 3.05) is 0 Å². The number of benzene rings is 2. The van der Waals surface area contributed by atoms with Crippen LogP contribution in [0, 0.1) is 23.3 Å². The van der Waals surface area contributed by atoms with Crippen LogP contribution >= 0.6 is 0 Å². The minimum atomic E-state index is -1.56. The highest BCUT2D eigenvalue weighted by Crippen LogP contribution is 2.30. The number of hydrogen-bond acceptors (Lipinski definition) is 1. The lowest BCUT2D eigenvalue weighted by Gasteiger charge is -2.09. The summed E-state index contributed by atoms with van der Waals surface area (Å²) >= 11 is 0. The van der Waals surface area contributed by atoms with Gasteiger partial charge in [0.2, 0.25) is 17.4 Å². The highest BCUT2D eigenvalue weighted by molar-refractivity contribution is 5.35. The van der Waals surface area contributed by atoms with Crippen LogP contribution < -0.4 is 4.74 Å². The first-order valence-corrected chi connectivity index (χ1v) is 5.62. The third-order valence-electron chi connectivity index (χ3n) is 2.62. The molecule has 0 N–H and O–H groups in total. The van der Waals surface area contributed by atoms with E-state index in [4.69, 9.17) is 4.74 Å². The fourth-order valence-corrected chi connectivity index (χ4v) is 1.55. The molecule has 0 aliphatic rings. The Labute approximate surface area is 107 Å². The predicted molar refractivity (Wildman–Crippen MR) is 62.2 cm³/mol. The maximum atomic E-state index is 13.4. The number of halogens is 4. The van der Waals surface area contributed by atoms with Gasteiger partial charge in [-0.2, -0.15) is 8.78 Å². The molecule has 0 spiro atoms. The zero-order valence-corrected chi connectivity index (χ0v) is 10.0. The lowest BCUT2D eigenvalue weighted by molar-refractivity contribution is 0.366. The molecular formula is C14H10F4O. The standard InChI is InChI=1S/C14H10F4O/c1-2-8-3-5-9(6-4-8)19-14-12(17)10(15)7-11(16)13(14)18/h3-7H,2H2,1H3. The maximum absolute atomic E-state index is 13.4. The fraction of sp³-hybridized carbons (Fsp3) is 0.143. The summed E-state index contributed by atoms with van der Waals surface area (Å²) in [5, 5.41) is 0. The van der Waals surface area contributed by atoms with E-state index in [0.717, 1.165) is 12.0 Å². The molecule has 0 aliphatic carbocycles. The molecule has 0 fully saturated rings. The van der Waals surface area contributed by atoms with E-state index >= 15 is 0 Å². The maximum Gasteiger partial charge on any atom is 0.204 e. The van der Waals surface area contributed by atoms with Crippen LogP contribution in [0.2, 0.25) is 0 Å². The van der Waals surface area contributed by atoms with Crippen LogP contribution in [0.1, 0.15) is 12.5 Å². The highest BCUT2D eigenvalue weighted by atomic mass is 19.2. The first-order chi connectivity index (χ1) is 9.02. The summed E-state index contributed by atoms with van der Waals surface area (Å²) in [6, 6.07) is 6.47. The summed E-state index contributed by atoms with van der Waals surface area (Å²) in [4.78, 5) is 0. The van der Waals surface area contributed by atoms with Gasteiger partial charge in [-0.15, -0.1) is 0 Å². The van der Waals surface area contributed by atoms with E-state index in [9.17, 15) is 17.6 Å². The molecule has 0 aliphatic heterocycles. The second-order valence-electron chi connectivity index (χ2n) is 3.90. The van der Waals surface area contributed by atoms with E-state index in [1.54, 1.807) is 12.1 Å². The number of rotatable bonds is 3. The van der Waals surface area contributed by atoms with Gasteiger partial charge in [0.1, 0.15) is 5.75 Å². The summed E-state index contributed by atoms with van der Waals surface area (Å²) in [6.07, 6.45) is 0.789. The molecule has 0 saturated carbocycles. The lowest BCUT2D eigenvalue weighted by Crippen LogP contribution is -1.99. The number of aryl methyl sites for hydroxylation is 1. The van der Waals surface area contributed by atoms with Gasteiger partial charge in [-0.1, -0.05) is 19.1 Å². The molecule has 0 radical (unpaired) electrons. The van der Waals surface area contributed by atoms with Gasteiger partial charge < -0.3 is 4.74 Å². The molecule has 19 heavy (non-hydrogen) atoms. The van der Waals surface area contributed by atoms with E-state index in [-0.39, 0.29) is 11.8 Å². The van der Waals surface area contributed by atoms with Gasteiger partial charge in [-0.05, 0) is 24.1 Å². The van der Waals surface area contributed by atoms with Gasteiger partial charge in [0.25, 0.3) is 0 Å². The second kappa shape index (κ2) is 5.30. The average Bonchev–Trinajstić information content (AvgIpc) is 2.42. The molecule has 1 nitrogen and oxygen atoms in total. The first kappa shape index (κ1) is 13.4. The van der Waals surface area contributed by atoms with Crippen LogP contribution in [-0.2, 0) is 6.42 Å². The Morgan fingerprint density at radius 1 is 0.895 bits per heavy atom. The van der Waals surface area contributed by atoms with E-state index in [1.807, 2.05) is 6.92 Å². The van der Waals surface area contributed by atoms with Crippen molar-refractivity contribution >= 4 is 0 Å². The van der Waals surface area contributed by atoms with Crippen molar-refractivity contribution in [2.45, 2.75) is 13.3 Å². The third kappa shape index (κ3) is 2.70. The quantitative estimate of drug-likeness (QED) is 0.585. The topological polar surface area (TPSA) is 9.23 Å². The van der Waals surface area contributed by atoms with Gasteiger partial charge >= 0.3 is 0 Å². The zero-order valence-electron chi connectivity index (χ0n) is 10.0. The molecule has 5 heteroatoms. The largest absolute Gasteiger partial charge is 0.451 e. The molecule has 0 bridgehead atoms. The van der Waals surface area contributed by atoms with Gasteiger partial charge in [0.05, 0.1) is 0 Å². The van der Waals surface area contributed by atoms with Crippen LogP contribution in [0.5, 0.6) is 11.5 Å². The first-order valence-electron chi connectivity index (χ1n) is 5.62. The molecule has 100 valence electrons. The van der Waals surface area contributed by atoms with Crippen LogP contribution in [0.25, 0.3) is 0 Å². The fourth-order valence-electron chi connectivity index (χ4n) is 1.55. The minimum absolute atomic E-state index is 0.0972. The van der Waals surface area contributed by atoms with Crippen LogP contribution in [0.4, 0.5) is 17.6 Å². The van der Waals surface area contributed by atoms with E-state index in [0.29, 0.717) is 0 Å². The molecule has 2 rings (SSSR count). The molecule has 0 atom stereocenters. The van der Waals surface area contributed by atoms with Gasteiger partial charge in [0, 0.05) is 6.07 Å². The Balaban J connectivity index is 2.37. The molecule has 2 aromatic carbocycles. The SMILES string of the molecule is CCc1ccc(Oc2c(F)c(F)cc(F)c2F)cc1. The summed E-state index contributed by atoms with van der Waals surface area (Å²) in [5.74, 6) is -7.10. The molecular weight excluding hydrogens is 260 g/mol. The van der Waals surface area contributed by atoms with E-state index < -0.39 is 29.0 Å². The summed E-state index contributed by atoms with van der Waals surface area (Å²) in [5.41, 5.74) is 0.999. The third-order valence-corrected chi connectivity index (χ3v) is 2.62. The van der Waals surface area contributed by atoms with Crippen molar-refractivity contribution in [1.29, 1.82) is 0 Å². The Bertz CT molecular complexity index is 567. The van der Waals surface area contributed by atoms with Gasteiger partial charge in [0.15, 0.2) is 11.6 Å². The predicted octanol–water partition coefficient (Wildman–Crippen LogP) is 4.60. The summed E-state index contributed by atoms with van der Waals surface area (Å²) < 4.78 is 57.6. The summed E-state index contributed by atoms with van der Waals surface area (Å²) in [7, 11) is 0. The normalized spacial score (nSPS) is 10.6. The highest BCUT2D eigenvalue weighted by Gasteiger charge is 2.21. The molecule has 0 saturated heterocycles. The zero-order chi connectivity index (χ0) is 14.0. The van der Waals surface area contributed by atoms with Crippen molar-refractivity contribution in [3.05, 3.63) is 59.2 Å². The number of hydrogen-bond donors (Lipinski definition) is 0. The Hall–Kier alpha value is -2.04.